The molecule has 0 aliphatic carbocycles. The maximum absolute atomic E-state index is 12.8. The van der Waals surface area contributed by atoms with Crippen LogP contribution >= 0.6 is 0 Å². The molecular formula is C20H24N2O3. The van der Waals surface area contributed by atoms with Crippen molar-refractivity contribution in [3.8, 4) is 0 Å². The number of ether oxygens (including phenoxy) is 1. The van der Waals surface area contributed by atoms with Crippen molar-refractivity contribution in [2.75, 3.05) is 25.1 Å². The van der Waals surface area contributed by atoms with Crippen LogP contribution in [0.25, 0.3) is 0 Å². The number of amides is 2. The van der Waals surface area contributed by atoms with E-state index in [1.165, 1.54) is 5.56 Å². The lowest BCUT2D eigenvalue weighted by molar-refractivity contribution is 0.133. The number of aliphatic hydroxyl groups is 1. The molecule has 3 rings (SSSR count). The van der Waals surface area contributed by atoms with E-state index >= 15 is 0 Å². The molecule has 0 bridgehead atoms. The minimum atomic E-state index is -0.316. The highest BCUT2D eigenvalue weighted by atomic mass is 16.5. The molecule has 0 aromatic heterocycles. The monoisotopic (exact) mass is 340 g/mol. The average molecular weight is 340 g/mol. The Kier molecular flexibility index (Phi) is 5.68. The molecular weight excluding hydrogens is 316 g/mol. The number of aliphatic hydroxyl groups excluding tert-OH is 1. The van der Waals surface area contributed by atoms with Crippen LogP contribution < -0.4 is 5.32 Å². The third-order valence-electron chi connectivity index (χ3n) is 4.57. The predicted octanol–water partition coefficient (Wildman–Crippen LogP) is 3.35. The maximum atomic E-state index is 12.8. The standard InChI is InChI=1S/C20H24N2O3/c1-2-25-14-16-8-4-6-10-18(16)21-20(24)22-12-11-15-7-3-5-9-17(15)19(22)13-23/h3-10,19,23H,2,11-14H2,1H3,(H,21,24)/t19-/m0/s1. The summed E-state index contributed by atoms with van der Waals surface area (Å²) in [5.41, 5.74) is 3.91. The van der Waals surface area contributed by atoms with E-state index in [-0.39, 0.29) is 18.7 Å². The molecule has 2 N–H and O–H groups in total. The minimum Gasteiger partial charge on any atom is -0.394 e. The summed E-state index contributed by atoms with van der Waals surface area (Å²) in [6.07, 6.45) is 0.792. The van der Waals surface area contributed by atoms with E-state index in [4.69, 9.17) is 4.74 Å². The number of para-hydroxylation sites is 1. The summed E-state index contributed by atoms with van der Waals surface area (Å²) in [5.74, 6) is 0. The molecule has 25 heavy (non-hydrogen) atoms. The number of carbonyl (C=O) groups excluding carboxylic acids is 1. The molecule has 1 aliphatic heterocycles. The number of hydrogen-bond acceptors (Lipinski definition) is 3. The van der Waals surface area contributed by atoms with Crippen molar-refractivity contribution in [3.63, 3.8) is 0 Å². The highest BCUT2D eigenvalue weighted by Crippen LogP contribution is 2.30. The summed E-state index contributed by atoms with van der Waals surface area (Å²) in [5, 5.41) is 12.8. The van der Waals surface area contributed by atoms with Crippen LogP contribution in [0.1, 0.15) is 29.7 Å². The van der Waals surface area contributed by atoms with Crippen LogP contribution in [-0.2, 0) is 17.8 Å². The molecule has 0 spiro atoms. The number of carbonyl (C=O) groups is 1. The van der Waals surface area contributed by atoms with Crippen LogP contribution in [-0.4, -0.2) is 35.8 Å². The van der Waals surface area contributed by atoms with Gasteiger partial charge in [-0.15, -0.1) is 0 Å². The molecule has 5 nitrogen and oxygen atoms in total. The Hall–Kier alpha value is -2.37. The maximum Gasteiger partial charge on any atom is 0.322 e. The van der Waals surface area contributed by atoms with Gasteiger partial charge in [-0.2, -0.15) is 0 Å². The number of nitrogens with zero attached hydrogens (tertiary/aromatic N) is 1. The van der Waals surface area contributed by atoms with Crippen LogP contribution in [0.2, 0.25) is 0 Å². The van der Waals surface area contributed by atoms with Gasteiger partial charge in [-0.3, -0.25) is 0 Å². The lowest BCUT2D eigenvalue weighted by Crippen LogP contribution is -2.44. The van der Waals surface area contributed by atoms with Crippen molar-refractivity contribution in [3.05, 3.63) is 65.2 Å². The number of anilines is 1. The Balaban J connectivity index is 1.78. The molecule has 1 aliphatic rings. The first kappa shape index (κ1) is 17.5. The highest BCUT2D eigenvalue weighted by molar-refractivity contribution is 5.90. The molecule has 2 aromatic rings. The second-order valence-corrected chi connectivity index (χ2v) is 6.07. The van der Waals surface area contributed by atoms with Crippen LogP contribution in [0.5, 0.6) is 0 Å². The van der Waals surface area contributed by atoms with Crippen molar-refractivity contribution in [1.82, 2.24) is 4.90 Å². The van der Waals surface area contributed by atoms with Crippen molar-refractivity contribution < 1.29 is 14.6 Å². The largest absolute Gasteiger partial charge is 0.394 e. The number of urea groups is 1. The van der Waals surface area contributed by atoms with Gasteiger partial charge in [-0.25, -0.2) is 4.79 Å². The molecule has 132 valence electrons. The Morgan fingerprint density at radius 1 is 1.24 bits per heavy atom. The van der Waals surface area contributed by atoms with Gasteiger partial charge in [0.15, 0.2) is 0 Å². The third-order valence-corrected chi connectivity index (χ3v) is 4.57. The van der Waals surface area contributed by atoms with E-state index in [1.54, 1.807) is 4.90 Å². The summed E-state index contributed by atoms with van der Waals surface area (Å²) >= 11 is 0. The number of hydrogen-bond donors (Lipinski definition) is 2. The third kappa shape index (κ3) is 3.83. The number of benzene rings is 2. The van der Waals surface area contributed by atoms with E-state index < -0.39 is 0 Å². The second-order valence-electron chi connectivity index (χ2n) is 6.07. The molecule has 2 amide bonds. The van der Waals surface area contributed by atoms with Crippen LogP contribution in [0, 0.1) is 0 Å². The summed E-state index contributed by atoms with van der Waals surface area (Å²) in [6.45, 7) is 3.52. The smallest absolute Gasteiger partial charge is 0.322 e. The zero-order chi connectivity index (χ0) is 17.6. The second kappa shape index (κ2) is 8.14. The Labute approximate surface area is 148 Å². The van der Waals surface area contributed by atoms with Gasteiger partial charge in [0.25, 0.3) is 0 Å². The van der Waals surface area contributed by atoms with Crippen molar-refractivity contribution >= 4 is 11.7 Å². The topological polar surface area (TPSA) is 61.8 Å². The van der Waals surface area contributed by atoms with Crippen molar-refractivity contribution in [1.29, 1.82) is 0 Å². The molecule has 2 aromatic carbocycles. The summed E-state index contributed by atoms with van der Waals surface area (Å²) < 4.78 is 5.47. The van der Waals surface area contributed by atoms with Gasteiger partial charge in [0.05, 0.1) is 19.3 Å². The van der Waals surface area contributed by atoms with Gasteiger partial charge in [-0.05, 0) is 30.5 Å². The number of fused-ring (bicyclic) bond motifs is 1. The van der Waals surface area contributed by atoms with Gasteiger partial charge in [0, 0.05) is 24.4 Å². The van der Waals surface area contributed by atoms with Gasteiger partial charge >= 0.3 is 6.03 Å². The zero-order valence-electron chi connectivity index (χ0n) is 14.4. The lowest BCUT2D eigenvalue weighted by atomic mass is 9.93. The summed E-state index contributed by atoms with van der Waals surface area (Å²) in [7, 11) is 0. The molecule has 0 fully saturated rings. The Morgan fingerprint density at radius 3 is 2.80 bits per heavy atom. The molecule has 0 unspecified atom stereocenters. The first-order chi connectivity index (χ1) is 12.2. The fourth-order valence-electron chi connectivity index (χ4n) is 3.26. The fourth-order valence-corrected chi connectivity index (χ4v) is 3.26. The zero-order valence-corrected chi connectivity index (χ0v) is 14.4. The molecule has 1 atom stereocenters. The first-order valence-electron chi connectivity index (χ1n) is 8.66. The molecule has 0 saturated carbocycles. The van der Waals surface area contributed by atoms with Crippen LogP contribution in [0.4, 0.5) is 10.5 Å². The van der Waals surface area contributed by atoms with Crippen LogP contribution in [0.15, 0.2) is 48.5 Å². The molecule has 0 saturated heterocycles. The average Bonchev–Trinajstić information content (AvgIpc) is 2.66. The summed E-state index contributed by atoms with van der Waals surface area (Å²) in [4.78, 5) is 14.5. The van der Waals surface area contributed by atoms with Crippen molar-refractivity contribution in [2.45, 2.75) is 26.0 Å². The highest BCUT2D eigenvalue weighted by Gasteiger charge is 2.30. The Morgan fingerprint density at radius 2 is 2.00 bits per heavy atom. The molecule has 0 radical (unpaired) electrons. The number of nitrogens with one attached hydrogen (secondary N) is 1. The first-order valence-corrected chi connectivity index (χ1v) is 8.66. The lowest BCUT2D eigenvalue weighted by Gasteiger charge is -2.36. The Bertz CT molecular complexity index is 732. The SMILES string of the molecule is CCOCc1ccccc1NC(=O)N1CCc2ccccc2[C@@H]1CO. The van der Waals surface area contributed by atoms with E-state index in [9.17, 15) is 9.90 Å². The number of rotatable bonds is 5. The predicted molar refractivity (Wildman–Crippen MR) is 97.5 cm³/mol. The van der Waals surface area contributed by atoms with E-state index in [2.05, 4.69) is 11.4 Å². The molecule has 1 heterocycles. The van der Waals surface area contributed by atoms with E-state index in [0.29, 0.717) is 19.8 Å². The van der Waals surface area contributed by atoms with Crippen molar-refractivity contribution in [2.24, 2.45) is 0 Å². The minimum absolute atomic E-state index is 0.0922. The fraction of sp³-hybridized carbons (Fsp3) is 0.350. The van der Waals surface area contributed by atoms with Gasteiger partial charge in [0.1, 0.15) is 0 Å². The van der Waals surface area contributed by atoms with Gasteiger partial charge < -0.3 is 20.1 Å². The quantitative estimate of drug-likeness (QED) is 0.877. The van der Waals surface area contributed by atoms with Gasteiger partial charge in [-0.1, -0.05) is 42.5 Å². The summed E-state index contributed by atoms with van der Waals surface area (Å²) in [6, 6.07) is 15.1. The van der Waals surface area contributed by atoms with Crippen LogP contribution in [0.3, 0.4) is 0 Å². The van der Waals surface area contributed by atoms with E-state index in [1.807, 2.05) is 49.4 Å². The molecule has 5 heteroatoms. The normalized spacial score (nSPS) is 16.4. The van der Waals surface area contributed by atoms with Gasteiger partial charge in [0.2, 0.25) is 0 Å². The van der Waals surface area contributed by atoms with E-state index in [0.717, 1.165) is 23.2 Å².